The lowest BCUT2D eigenvalue weighted by molar-refractivity contribution is -0.187. The Kier molecular flexibility index (Phi) is 3.12. The van der Waals surface area contributed by atoms with Gasteiger partial charge in [-0.1, -0.05) is 0 Å². The Hall–Kier alpha value is -1.47. The fourth-order valence-electron chi connectivity index (χ4n) is 2.73. The topological polar surface area (TPSA) is 60.9 Å². The summed E-state index contributed by atoms with van der Waals surface area (Å²) in [5.41, 5.74) is 0. The summed E-state index contributed by atoms with van der Waals surface area (Å²) < 4.78 is 37.2. The number of likely N-dealkylation sites (tertiary alicyclic amines) is 2. The molecular weight excluding hydrogens is 253 g/mol. The molecule has 2 amide bonds. The highest BCUT2D eigenvalue weighted by Crippen LogP contribution is 2.34. The first-order chi connectivity index (χ1) is 8.30. The van der Waals surface area contributed by atoms with Crippen molar-refractivity contribution in [1.82, 2.24) is 9.80 Å². The minimum absolute atomic E-state index is 0.0214. The van der Waals surface area contributed by atoms with E-state index in [4.69, 9.17) is 5.11 Å². The Morgan fingerprint density at radius 2 is 1.78 bits per heavy atom. The summed E-state index contributed by atoms with van der Waals surface area (Å²) in [5, 5.41) is 8.84. The normalized spacial score (nSPS) is 28.2. The third-order valence-electron chi connectivity index (χ3n) is 3.64. The highest BCUT2D eigenvalue weighted by atomic mass is 19.4. The van der Waals surface area contributed by atoms with Crippen molar-refractivity contribution in [1.29, 1.82) is 0 Å². The monoisotopic (exact) mass is 266 g/mol. The Bertz CT molecular complexity index is 372. The lowest BCUT2D eigenvalue weighted by Crippen LogP contribution is -2.53. The number of rotatable bonds is 0. The maximum absolute atomic E-state index is 12.4. The molecule has 2 aliphatic heterocycles. The molecule has 8 heteroatoms. The molecule has 0 aliphatic carbocycles. The molecule has 0 radical (unpaired) electrons. The summed E-state index contributed by atoms with van der Waals surface area (Å²) in [4.78, 5) is 23.9. The van der Waals surface area contributed by atoms with Gasteiger partial charge in [0.1, 0.15) is 0 Å². The van der Waals surface area contributed by atoms with Crippen molar-refractivity contribution >= 4 is 12.0 Å². The number of amides is 2. The highest BCUT2D eigenvalue weighted by Gasteiger charge is 2.50. The van der Waals surface area contributed by atoms with Crippen molar-refractivity contribution in [3.63, 3.8) is 0 Å². The Morgan fingerprint density at radius 1 is 1.17 bits per heavy atom. The second-order valence-corrected chi connectivity index (χ2v) is 4.63. The van der Waals surface area contributed by atoms with Gasteiger partial charge in [0.25, 0.3) is 0 Å². The zero-order valence-corrected chi connectivity index (χ0v) is 9.48. The van der Waals surface area contributed by atoms with Crippen molar-refractivity contribution < 1.29 is 27.9 Å². The molecule has 18 heavy (non-hydrogen) atoms. The van der Waals surface area contributed by atoms with Crippen LogP contribution in [0.3, 0.4) is 0 Å². The zero-order chi connectivity index (χ0) is 13.5. The van der Waals surface area contributed by atoms with E-state index in [0.717, 1.165) is 9.80 Å². The number of carbonyl (C=O) groups is 2. The average Bonchev–Trinajstić information content (AvgIpc) is 2.68. The lowest BCUT2D eigenvalue weighted by atomic mass is 9.92. The molecule has 0 aromatic heterocycles. The maximum atomic E-state index is 12.4. The Labute approximate surface area is 101 Å². The summed E-state index contributed by atoms with van der Waals surface area (Å²) >= 11 is 0. The van der Waals surface area contributed by atoms with Gasteiger partial charge in [-0.25, -0.2) is 4.79 Å². The van der Waals surface area contributed by atoms with Gasteiger partial charge in [-0.05, 0) is 18.8 Å². The summed E-state index contributed by atoms with van der Waals surface area (Å²) in [6.07, 6.45) is -5.02. The smallest absolute Gasteiger partial charge is 0.465 e. The van der Waals surface area contributed by atoms with Gasteiger partial charge in [0, 0.05) is 19.6 Å². The molecule has 0 spiro atoms. The fraction of sp³-hybridized carbons (Fsp3) is 0.800. The molecule has 5 nitrogen and oxygen atoms in total. The van der Waals surface area contributed by atoms with Gasteiger partial charge in [-0.3, -0.25) is 4.79 Å². The van der Waals surface area contributed by atoms with Gasteiger partial charge in [0.15, 0.2) is 0 Å². The lowest BCUT2D eigenvalue weighted by Gasteiger charge is -2.37. The summed E-state index contributed by atoms with van der Waals surface area (Å²) in [7, 11) is 0. The van der Waals surface area contributed by atoms with E-state index in [1.54, 1.807) is 0 Å². The van der Waals surface area contributed by atoms with E-state index in [2.05, 4.69) is 0 Å². The number of hydrogen-bond acceptors (Lipinski definition) is 2. The number of fused-ring (bicyclic) bond motifs is 1. The van der Waals surface area contributed by atoms with Crippen LogP contribution in [0, 0.1) is 5.92 Å². The van der Waals surface area contributed by atoms with E-state index in [0.29, 0.717) is 19.4 Å². The average molecular weight is 266 g/mol. The molecule has 2 heterocycles. The van der Waals surface area contributed by atoms with Crippen LogP contribution in [0.5, 0.6) is 0 Å². The van der Waals surface area contributed by atoms with E-state index in [9.17, 15) is 22.8 Å². The molecule has 0 aromatic rings. The first kappa shape index (κ1) is 13.0. The number of piperidine rings is 1. The van der Waals surface area contributed by atoms with Gasteiger partial charge >= 0.3 is 18.2 Å². The first-order valence-corrected chi connectivity index (χ1v) is 5.66. The van der Waals surface area contributed by atoms with Gasteiger partial charge in [0.05, 0.1) is 6.04 Å². The van der Waals surface area contributed by atoms with Crippen LogP contribution >= 0.6 is 0 Å². The maximum Gasteiger partial charge on any atom is 0.471 e. The van der Waals surface area contributed by atoms with Gasteiger partial charge < -0.3 is 14.9 Å². The number of halogens is 3. The number of hydrogen-bond donors (Lipinski definition) is 1. The molecule has 0 saturated carbocycles. The summed E-state index contributed by atoms with van der Waals surface area (Å²) in [5.74, 6) is -1.88. The van der Waals surface area contributed by atoms with E-state index < -0.39 is 24.2 Å². The number of nitrogens with zero attached hydrogens (tertiary/aromatic N) is 2. The molecule has 102 valence electrons. The Morgan fingerprint density at radius 3 is 2.33 bits per heavy atom. The highest BCUT2D eigenvalue weighted by molar-refractivity contribution is 5.82. The molecular formula is C10H13F3N2O3. The Balaban J connectivity index is 2.11. The van der Waals surface area contributed by atoms with Crippen LogP contribution in [0.2, 0.25) is 0 Å². The second-order valence-electron chi connectivity index (χ2n) is 4.63. The van der Waals surface area contributed by atoms with Crippen molar-refractivity contribution in [2.75, 3.05) is 19.6 Å². The van der Waals surface area contributed by atoms with E-state index in [-0.39, 0.29) is 19.0 Å². The van der Waals surface area contributed by atoms with Crippen molar-refractivity contribution in [2.24, 2.45) is 5.92 Å². The summed E-state index contributed by atoms with van der Waals surface area (Å²) in [6.45, 7) is 0.355. The van der Waals surface area contributed by atoms with Crippen LogP contribution < -0.4 is 0 Å². The molecule has 0 bridgehead atoms. The molecule has 2 saturated heterocycles. The number of carbonyl (C=O) groups excluding carboxylic acids is 1. The molecule has 2 atom stereocenters. The molecule has 2 unspecified atom stereocenters. The van der Waals surface area contributed by atoms with Gasteiger partial charge in [-0.15, -0.1) is 0 Å². The van der Waals surface area contributed by atoms with Crippen molar-refractivity contribution in [2.45, 2.75) is 25.1 Å². The second kappa shape index (κ2) is 4.33. The summed E-state index contributed by atoms with van der Waals surface area (Å²) in [6, 6.07) is -0.635. The minimum atomic E-state index is -4.89. The number of carboxylic acid groups (broad SMARTS) is 1. The van der Waals surface area contributed by atoms with Crippen molar-refractivity contribution in [3.8, 4) is 0 Å². The van der Waals surface area contributed by atoms with Gasteiger partial charge in [0.2, 0.25) is 0 Å². The van der Waals surface area contributed by atoms with Crippen molar-refractivity contribution in [3.05, 3.63) is 0 Å². The standard InChI is InChI=1S/C10H13F3N2O3/c11-10(12,13)8(16)15-4-2-6-1-3-14(9(17)18)5-7(6)15/h6-7H,1-5H2,(H,17,18). The predicted octanol–water partition coefficient (Wildman–Crippen LogP) is 1.15. The van der Waals surface area contributed by atoms with Crippen LogP contribution in [0.1, 0.15) is 12.8 Å². The fourth-order valence-corrected chi connectivity index (χ4v) is 2.73. The SMILES string of the molecule is O=C(O)N1CCC2CCN(C(=O)C(F)(F)F)C2C1. The third-order valence-corrected chi connectivity index (χ3v) is 3.64. The molecule has 2 rings (SSSR count). The molecule has 0 aromatic carbocycles. The van der Waals surface area contributed by atoms with E-state index in [1.165, 1.54) is 0 Å². The van der Waals surface area contributed by atoms with E-state index in [1.807, 2.05) is 0 Å². The van der Waals surface area contributed by atoms with Crippen LogP contribution in [-0.2, 0) is 4.79 Å². The minimum Gasteiger partial charge on any atom is -0.465 e. The molecule has 2 fully saturated rings. The zero-order valence-electron chi connectivity index (χ0n) is 9.48. The molecule has 1 N–H and O–H groups in total. The first-order valence-electron chi connectivity index (χ1n) is 5.66. The van der Waals surface area contributed by atoms with Crippen LogP contribution in [0.25, 0.3) is 0 Å². The van der Waals surface area contributed by atoms with Crippen LogP contribution in [0.15, 0.2) is 0 Å². The predicted molar refractivity (Wildman–Crippen MR) is 53.9 cm³/mol. The third kappa shape index (κ3) is 2.23. The van der Waals surface area contributed by atoms with Crippen LogP contribution in [0.4, 0.5) is 18.0 Å². The van der Waals surface area contributed by atoms with Crippen LogP contribution in [-0.4, -0.2) is 58.8 Å². The largest absolute Gasteiger partial charge is 0.471 e. The molecule has 2 aliphatic rings. The number of alkyl halides is 3. The quantitative estimate of drug-likeness (QED) is 0.715. The van der Waals surface area contributed by atoms with E-state index >= 15 is 0 Å². The van der Waals surface area contributed by atoms with Gasteiger partial charge in [-0.2, -0.15) is 13.2 Å².